The summed E-state index contributed by atoms with van der Waals surface area (Å²) in [5, 5.41) is 16.2. The highest BCUT2D eigenvalue weighted by Gasteiger charge is 2.22. The number of nitro groups is 1. The van der Waals surface area contributed by atoms with Gasteiger partial charge in [-0.3, -0.25) is 24.6 Å². The molecule has 1 aromatic rings. The van der Waals surface area contributed by atoms with Crippen LogP contribution in [0.1, 0.15) is 20.3 Å². The van der Waals surface area contributed by atoms with Gasteiger partial charge in [-0.1, -0.05) is 19.1 Å². The van der Waals surface area contributed by atoms with E-state index in [-0.39, 0.29) is 23.8 Å². The zero-order valence-corrected chi connectivity index (χ0v) is 13.5. The first kappa shape index (κ1) is 18.6. The van der Waals surface area contributed by atoms with Gasteiger partial charge in [0, 0.05) is 12.6 Å². The van der Waals surface area contributed by atoms with Crippen LogP contribution in [0.2, 0.25) is 0 Å². The lowest BCUT2D eigenvalue weighted by molar-refractivity contribution is -0.383. The minimum Gasteiger partial charge on any atom is -0.355 e. The van der Waals surface area contributed by atoms with Gasteiger partial charge in [0.25, 0.3) is 5.69 Å². The molecule has 1 aromatic carbocycles. The largest absolute Gasteiger partial charge is 0.355 e. The number of nitrogens with zero attached hydrogens (tertiary/aromatic N) is 2. The number of nitrogens with one attached hydrogen (secondary N) is 2. The predicted molar refractivity (Wildman–Crippen MR) is 87.1 cm³/mol. The van der Waals surface area contributed by atoms with Gasteiger partial charge in [-0.2, -0.15) is 0 Å². The van der Waals surface area contributed by atoms with Crippen molar-refractivity contribution in [2.45, 2.75) is 26.3 Å². The average Bonchev–Trinajstić information content (AvgIpc) is 2.52. The van der Waals surface area contributed by atoms with Crippen molar-refractivity contribution in [3.8, 4) is 0 Å². The maximum Gasteiger partial charge on any atom is 0.292 e. The van der Waals surface area contributed by atoms with Gasteiger partial charge in [-0.15, -0.1) is 0 Å². The molecule has 23 heavy (non-hydrogen) atoms. The fourth-order valence-electron chi connectivity index (χ4n) is 1.86. The summed E-state index contributed by atoms with van der Waals surface area (Å²) < 4.78 is 0. The summed E-state index contributed by atoms with van der Waals surface area (Å²) in [7, 11) is 1.65. The Bertz CT molecular complexity index is 576. The molecule has 0 aliphatic heterocycles. The van der Waals surface area contributed by atoms with E-state index < -0.39 is 16.9 Å². The van der Waals surface area contributed by atoms with E-state index in [2.05, 4.69) is 10.6 Å². The van der Waals surface area contributed by atoms with Crippen LogP contribution >= 0.6 is 0 Å². The van der Waals surface area contributed by atoms with Gasteiger partial charge in [0.1, 0.15) is 5.69 Å². The summed E-state index contributed by atoms with van der Waals surface area (Å²) in [5.74, 6) is -0.579. The molecule has 2 N–H and O–H groups in total. The molecule has 0 aliphatic rings. The van der Waals surface area contributed by atoms with Gasteiger partial charge in [0.15, 0.2) is 0 Å². The smallest absolute Gasteiger partial charge is 0.292 e. The molecule has 8 nitrogen and oxygen atoms in total. The molecule has 0 fully saturated rings. The normalized spacial score (nSPS) is 11.8. The van der Waals surface area contributed by atoms with Gasteiger partial charge >= 0.3 is 0 Å². The van der Waals surface area contributed by atoms with Crippen molar-refractivity contribution in [3.05, 3.63) is 34.4 Å². The maximum absolute atomic E-state index is 12.2. The van der Waals surface area contributed by atoms with Gasteiger partial charge in [-0.05, 0) is 26.5 Å². The lowest BCUT2D eigenvalue weighted by Crippen LogP contribution is -2.45. The summed E-state index contributed by atoms with van der Waals surface area (Å²) >= 11 is 0. The minimum absolute atomic E-state index is 0.0749. The summed E-state index contributed by atoms with van der Waals surface area (Å²) in [5.41, 5.74) is -0.0328. The van der Waals surface area contributed by atoms with Gasteiger partial charge in [0.05, 0.1) is 17.5 Å². The molecular weight excluding hydrogens is 300 g/mol. The van der Waals surface area contributed by atoms with E-state index in [1.165, 1.54) is 18.2 Å². The third-order valence-corrected chi connectivity index (χ3v) is 3.36. The van der Waals surface area contributed by atoms with Crippen molar-refractivity contribution in [1.29, 1.82) is 0 Å². The molecule has 1 rings (SSSR count). The van der Waals surface area contributed by atoms with E-state index in [4.69, 9.17) is 0 Å². The van der Waals surface area contributed by atoms with Crippen LogP contribution in [0.5, 0.6) is 0 Å². The van der Waals surface area contributed by atoms with E-state index in [1.54, 1.807) is 24.9 Å². The summed E-state index contributed by atoms with van der Waals surface area (Å²) in [4.78, 5) is 35.9. The lowest BCUT2D eigenvalue weighted by Gasteiger charge is -2.23. The molecule has 0 heterocycles. The zero-order valence-electron chi connectivity index (χ0n) is 13.5. The first-order chi connectivity index (χ1) is 10.9. The standard InChI is InChI=1S/C15H22N4O4/c1-4-9-16-14(20)10-18(3)11(2)15(21)17-12-7-5-6-8-13(12)19(22)23/h5-8,11H,4,9-10H2,1-3H3,(H,16,20)(H,17,21)/t11-/m0/s1. The molecule has 0 unspecified atom stereocenters. The lowest BCUT2D eigenvalue weighted by atomic mass is 10.2. The van der Waals surface area contributed by atoms with Crippen molar-refractivity contribution < 1.29 is 14.5 Å². The Morgan fingerprint density at radius 3 is 2.61 bits per heavy atom. The van der Waals surface area contributed by atoms with Crippen LogP contribution in [0.3, 0.4) is 0 Å². The third-order valence-electron chi connectivity index (χ3n) is 3.36. The maximum atomic E-state index is 12.2. The Morgan fingerprint density at radius 2 is 2.00 bits per heavy atom. The van der Waals surface area contributed by atoms with E-state index >= 15 is 0 Å². The molecule has 8 heteroatoms. The van der Waals surface area contributed by atoms with E-state index in [0.717, 1.165) is 6.42 Å². The first-order valence-corrected chi connectivity index (χ1v) is 7.38. The second kappa shape index (κ2) is 8.84. The molecule has 0 aromatic heterocycles. The Kier molecular flexibility index (Phi) is 7.14. The molecule has 126 valence electrons. The molecule has 0 saturated heterocycles. The SMILES string of the molecule is CCCNC(=O)CN(C)[C@@H](C)C(=O)Nc1ccccc1[N+](=O)[O-]. The number of rotatable bonds is 8. The molecule has 0 saturated carbocycles. The Morgan fingerprint density at radius 1 is 1.35 bits per heavy atom. The quantitative estimate of drug-likeness (QED) is 0.556. The van der Waals surface area contributed by atoms with Gasteiger partial charge in [-0.25, -0.2) is 0 Å². The Balaban J connectivity index is 2.67. The number of carbonyl (C=O) groups is 2. The molecule has 0 spiro atoms. The Labute approximate surface area is 135 Å². The fourth-order valence-corrected chi connectivity index (χ4v) is 1.86. The molecule has 0 aliphatic carbocycles. The van der Waals surface area contributed by atoms with E-state index in [1.807, 2.05) is 6.92 Å². The topological polar surface area (TPSA) is 105 Å². The highest BCUT2D eigenvalue weighted by molar-refractivity contribution is 5.96. The number of benzene rings is 1. The van der Waals surface area contributed by atoms with Crippen LogP contribution in [-0.4, -0.2) is 47.8 Å². The minimum atomic E-state index is -0.609. The highest BCUT2D eigenvalue weighted by Crippen LogP contribution is 2.23. The second-order valence-electron chi connectivity index (χ2n) is 5.20. The van der Waals surface area contributed by atoms with Crippen LogP contribution in [0.4, 0.5) is 11.4 Å². The number of amides is 2. The number of likely N-dealkylation sites (N-methyl/N-ethyl adjacent to an activating group) is 1. The molecular formula is C15H22N4O4. The van der Waals surface area contributed by atoms with Crippen molar-refractivity contribution >= 4 is 23.2 Å². The number of hydrogen-bond donors (Lipinski definition) is 2. The summed E-state index contributed by atoms with van der Waals surface area (Å²) in [6, 6.07) is 5.32. The molecule has 2 amide bonds. The molecule has 0 radical (unpaired) electrons. The van der Waals surface area contributed by atoms with Crippen molar-refractivity contribution in [2.75, 3.05) is 25.5 Å². The van der Waals surface area contributed by atoms with Crippen LogP contribution in [-0.2, 0) is 9.59 Å². The zero-order chi connectivity index (χ0) is 17.4. The van der Waals surface area contributed by atoms with E-state index in [0.29, 0.717) is 6.54 Å². The number of carbonyl (C=O) groups excluding carboxylic acids is 2. The number of para-hydroxylation sites is 2. The first-order valence-electron chi connectivity index (χ1n) is 7.38. The van der Waals surface area contributed by atoms with Gasteiger partial charge < -0.3 is 10.6 Å². The summed E-state index contributed by atoms with van der Waals surface area (Å²) in [6.45, 7) is 4.25. The molecule has 1 atom stereocenters. The van der Waals surface area contributed by atoms with Crippen molar-refractivity contribution in [2.24, 2.45) is 0 Å². The second-order valence-corrected chi connectivity index (χ2v) is 5.20. The number of anilines is 1. The van der Waals surface area contributed by atoms with Crippen LogP contribution in [0.25, 0.3) is 0 Å². The van der Waals surface area contributed by atoms with Crippen molar-refractivity contribution in [3.63, 3.8) is 0 Å². The average molecular weight is 322 g/mol. The highest BCUT2D eigenvalue weighted by atomic mass is 16.6. The van der Waals surface area contributed by atoms with Crippen molar-refractivity contribution in [1.82, 2.24) is 10.2 Å². The predicted octanol–water partition coefficient (Wildman–Crippen LogP) is 1.38. The monoisotopic (exact) mass is 322 g/mol. The van der Waals surface area contributed by atoms with Gasteiger partial charge in [0.2, 0.25) is 11.8 Å². The fraction of sp³-hybridized carbons (Fsp3) is 0.467. The van der Waals surface area contributed by atoms with Crippen LogP contribution in [0, 0.1) is 10.1 Å². The summed E-state index contributed by atoms with van der Waals surface area (Å²) in [6.07, 6.45) is 0.836. The molecule has 0 bridgehead atoms. The van der Waals surface area contributed by atoms with Crippen LogP contribution in [0.15, 0.2) is 24.3 Å². The number of hydrogen-bond acceptors (Lipinski definition) is 5. The van der Waals surface area contributed by atoms with Crippen LogP contribution < -0.4 is 10.6 Å². The Hall–Kier alpha value is -2.48. The van der Waals surface area contributed by atoms with E-state index in [9.17, 15) is 19.7 Å². The number of nitro benzene ring substituents is 1. The third kappa shape index (κ3) is 5.67.